The van der Waals surface area contributed by atoms with Gasteiger partial charge in [0.05, 0.1) is 19.5 Å². The van der Waals surface area contributed by atoms with E-state index in [0.29, 0.717) is 42.1 Å². The molecule has 34 heavy (non-hydrogen) atoms. The molecule has 4 rings (SSSR count). The van der Waals surface area contributed by atoms with E-state index in [9.17, 15) is 21.6 Å². The summed E-state index contributed by atoms with van der Waals surface area (Å²) in [5.41, 5.74) is -0.374. The molecule has 2 unspecified atom stereocenters. The van der Waals surface area contributed by atoms with Crippen molar-refractivity contribution >= 4 is 31.2 Å². The van der Waals surface area contributed by atoms with Gasteiger partial charge in [0.1, 0.15) is 5.69 Å². The fourth-order valence-corrected chi connectivity index (χ4v) is 8.85. The Hall–Kier alpha value is -1.83. The molecule has 2 atom stereocenters. The van der Waals surface area contributed by atoms with Crippen LogP contribution in [0, 0.1) is 22.9 Å². The minimum atomic E-state index is -4.46. The molecule has 1 aromatic rings. The lowest BCUT2D eigenvalue weighted by Crippen LogP contribution is -2.18. The number of rotatable bonds is 2. The first-order valence-corrected chi connectivity index (χ1v) is 15.7. The van der Waals surface area contributed by atoms with Crippen molar-refractivity contribution in [2.75, 3.05) is 28.8 Å². The lowest BCUT2D eigenvalue weighted by atomic mass is 10.1. The fourth-order valence-electron chi connectivity index (χ4n) is 3.70. The molecule has 0 saturated carbocycles. The van der Waals surface area contributed by atoms with E-state index >= 15 is 0 Å². The molecular formula is C21H28F3N5O2S3. The summed E-state index contributed by atoms with van der Waals surface area (Å²) in [4.78, 5) is 3.37. The fraction of sp³-hybridized carbons (Fsp3) is 0.667. The summed E-state index contributed by atoms with van der Waals surface area (Å²) >= 11 is 2.07. The van der Waals surface area contributed by atoms with Gasteiger partial charge in [-0.1, -0.05) is 6.07 Å². The van der Waals surface area contributed by atoms with Crippen LogP contribution in [-0.4, -0.2) is 47.4 Å². The maximum absolute atomic E-state index is 12.4. The number of aromatic nitrogens is 1. The Balaban J connectivity index is 0.000000237. The van der Waals surface area contributed by atoms with Crippen LogP contribution in [-0.2, 0) is 32.1 Å². The summed E-state index contributed by atoms with van der Waals surface area (Å²) in [6.07, 6.45) is 6.41. The normalized spacial score (nSPS) is 25.0. The number of pyridine rings is 1. The van der Waals surface area contributed by atoms with E-state index in [1.807, 2.05) is 0 Å². The second-order valence-electron chi connectivity index (χ2n) is 8.00. The lowest BCUT2D eigenvalue weighted by Gasteiger charge is -2.12. The molecule has 188 valence electrons. The lowest BCUT2D eigenvalue weighted by molar-refractivity contribution is -0.141. The molecule has 0 spiro atoms. The number of nitrogens with zero attached hydrogens (tertiary/aromatic N) is 5. The van der Waals surface area contributed by atoms with Crippen LogP contribution in [0.3, 0.4) is 0 Å². The molecule has 0 N–H and O–H groups in total. The first kappa shape index (κ1) is 28.4. The largest absolute Gasteiger partial charge is 0.433 e. The summed E-state index contributed by atoms with van der Waals surface area (Å²) in [7, 11) is -4.61. The highest BCUT2D eigenvalue weighted by molar-refractivity contribution is 7.99. The van der Waals surface area contributed by atoms with Crippen LogP contribution in [0.5, 0.6) is 0 Å². The molecule has 3 saturated heterocycles. The van der Waals surface area contributed by atoms with E-state index in [-0.39, 0.29) is 5.25 Å². The molecule has 0 bridgehead atoms. The van der Waals surface area contributed by atoms with Crippen LogP contribution in [0.15, 0.2) is 27.1 Å². The highest BCUT2D eigenvalue weighted by atomic mass is 32.2. The molecule has 3 fully saturated rings. The van der Waals surface area contributed by atoms with Gasteiger partial charge in [-0.05, 0) is 68.1 Å². The molecule has 3 aliphatic rings. The second kappa shape index (κ2) is 13.3. The number of nitriles is 2. The van der Waals surface area contributed by atoms with Crippen molar-refractivity contribution in [2.45, 2.75) is 56.4 Å². The van der Waals surface area contributed by atoms with Crippen molar-refractivity contribution in [1.82, 2.24) is 4.98 Å². The van der Waals surface area contributed by atoms with E-state index in [2.05, 4.69) is 25.5 Å². The summed E-state index contributed by atoms with van der Waals surface area (Å²) in [6, 6.07) is 2.24. The van der Waals surface area contributed by atoms with Crippen LogP contribution in [0.25, 0.3) is 0 Å². The summed E-state index contributed by atoms with van der Waals surface area (Å²) in [5.74, 6) is 4.46. The van der Waals surface area contributed by atoms with Gasteiger partial charge in [0.25, 0.3) is 0 Å². The number of hydrogen-bond acceptors (Lipinski definition) is 8. The topological polar surface area (TPSA) is 119 Å². The number of halogens is 3. The highest BCUT2D eigenvalue weighted by Gasteiger charge is 2.33. The van der Waals surface area contributed by atoms with Crippen LogP contribution in [0.4, 0.5) is 13.2 Å². The SMILES string of the molecule is C1CCSC1.N#CN=S1(=O)CCCC1.N#CN=S1(=O)CCCC1Cc1ccc(C(F)(F)F)nc1. The quantitative estimate of drug-likeness (QED) is 0.492. The Bertz CT molecular complexity index is 1100. The maximum atomic E-state index is 12.4. The van der Waals surface area contributed by atoms with Gasteiger partial charge >= 0.3 is 6.18 Å². The van der Waals surface area contributed by atoms with Crippen LogP contribution in [0.1, 0.15) is 49.8 Å². The first-order valence-electron chi connectivity index (χ1n) is 10.9. The van der Waals surface area contributed by atoms with Gasteiger partial charge < -0.3 is 0 Å². The van der Waals surface area contributed by atoms with Gasteiger partial charge in [-0.3, -0.25) is 4.98 Å². The zero-order valence-electron chi connectivity index (χ0n) is 18.7. The maximum Gasteiger partial charge on any atom is 0.433 e. The summed E-state index contributed by atoms with van der Waals surface area (Å²) in [6.45, 7) is 0. The molecule has 0 aromatic carbocycles. The van der Waals surface area contributed by atoms with Gasteiger partial charge in [0.2, 0.25) is 12.4 Å². The van der Waals surface area contributed by atoms with Gasteiger partial charge in [-0.15, -0.1) is 8.73 Å². The van der Waals surface area contributed by atoms with Gasteiger partial charge in [0, 0.05) is 28.7 Å². The Morgan fingerprint density at radius 3 is 2.12 bits per heavy atom. The van der Waals surface area contributed by atoms with E-state index in [1.165, 1.54) is 30.4 Å². The van der Waals surface area contributed by atoms with Crippen molar-refractivity contribution < 1.29 is 21.6 Å². The third-order valence-corrected chi connectivity index (χ3v) is 11.6. The molecule has 0 aliphatic carbocycles. The molecule has 4 heterocycles. The third kappa shape index (κ3) is 9.08. The zero-order valence-corrected chi connectivity index (χ0v) is 21.2. The zero-order chi connectivity index (χ0) is 25.1. The second-order valence-corrected chi connectivity index (χ2v) is 14.4. The van der Waals surface area contributed by atoms with Crippen molar-refractivity contribution in [2.24, 2.45) is 8.73 Å². The number of hydrogen-bond donors (Lipinski definition) is 0. The Labute approximate surface area is 203 Å². The van der Waals surface area contributed by atoms with Gasteiger partial charge in [-0.25, -0.2) is 8.42 Å². The summed E-state index contributed by atoms with van der Waals surface area (Å²) in [5, 5.41) is 16.4. The predicted molar refractivity (Wildman–Crippen MR) is 129 cm³/mol. The minimum absolute atomic E-state index is 0.291. The van der Waals surface area contributed by atoms with E-state index in [4.69, 9.17) is 10.5 Å². The molecule has 7 nitrogen and oxygen atoms in total. The first-order chi connectivity index (χ1) is 16.1. The molecule has 1 aromatic heterocycles. The average Bonchev–Trinajstić information content (AvgIpc) is 3.54. The van der Waals surface area contributed by atoms with E-state index in [0.717, 1.165) is 25.1 Å². The molecule has 13 heteroatoms. The van der Waals surface area contributed by atoms with Gasteiger partial charge in [0.15, 0.2) is 0 Å². The Morgan fingerprint density at radius 1 is 1.00 bits per heavy atom. The third-order valence-electron chi connectivity index (χ3n) is 5.47. The monoisotopic (exact) mass is 535 g/mol. The van der Waals surface area contributed by atoms with Crippen LogP contribution < -0.4 is 0 Å². The Kier molecular flexibility index (Phi) is 11.1. The smallest absolute Gasteiger partial charge is 0.252 e. The van der Waals surface area contributed by atoms with Crippen LogP contribution >= 0.6 is 11.8 Å². The van der Waals surface area contributed by atoms with E-state index in [1.54, 1.807) is 12.4 Å². The average molecular weight is 536 g/mol. The summed E-state index contributed by atoms with van der Waals surface area (Å²) < 4.78 is 67.6. The van der Waals surface area contributed by atoms with Crippen molar-refractivity contribution in [3.63, 3.8) is 0 Å². The molecule has 0 amide bonds. The van der Waals surface area contributed by atoms with Crippen LogP contribution in [0.2, 0.25) is 0 Å². The predicted octanol–water partition coefficient (Wildman–Crippen LogP) is 5.00. The van der Waals surface area contributed by atoms with Gasteiger partial charge in [-0.2, -0.15) is 35.5 Å². The standard InChI is InChI=1S/C12H12F3N3OS.C5H8N2OS.C4H8S/c13-12(14,15)11-4-3-9(7-17-11)6-10-2-1-5-20(10,19)18-8-16;6-5-7-9(8)3-1-2-4-9;1-2-4-5-3-1/h3-4,7,10H,1-2,5-6H2;1-4H2;1-4H2. The Morgan fingerprint density at radius 2 is 1.65 bits per heavy atom. The van der Waals surface area contributed by atoms with E-state index < -0.39 is 31.3 Å². The molecular weight excluding hydrogens is 507 g/mol. The number of thioether (sulfide) groups is 1. The molecule has 3 aliphatic heterocycles. The molecule has 0 radical (unpaired) electrons. The minimum Gasteiger partial charge on any atom is -0.252 e. The highest BCUT2D eigenvalue weighted by Crippen LogP contribution is 2.29. The van der Waals surface area contributed by atoms with Crippen molar-refractivity contribution in [3.8, 4) is 12.4 Å². The van der Waals surface area contributed by atoms with Crippen molar-refractivity contribution in [1.29, 1.82) is 10.5 Å². The number of alkyl halides is 3. The van der Waals surface area contributed by atoms with Crippen molar-refractivity contribution in [3.05, 3.63) is 29.6 Å².